The first-order valence-corrected chi connectivity index (χ1v) is 17.6. The first kappa shape index (κ1) is 44.5. The summed E-state index contributed by atoms with van der Waals surface area (Å²) in [4.78, 5) is 47.6. The average molecular weight is 678 g/mol. The minimum atomic E-state index is -0.850. The van der Waals surface area contributed by atoms with Crippen LogP contribution in [0.2, 0.25) is 0 Å². The lowest BCUT2D eigenvalue weighted by molar-refractivity contribution is -0.166. The topological polar surface area (TPSA) is 154 Å². The SMILES string of the molecule is CCCCCCCCCCCCCC(=O)OC[C@@H](COC(=O)CCCOCCOCCNC(=O)OCCOCCOC)OC(=O)CC. The third-order valence-corrected chi connectivity index (χ3v) is 6.88. The molecule has 1 atom stereocenters. The number of rotatable bonds is 34. The molecule has 0 heterocycles. The zero-order chi connectivity index (χ0) is 34.6. The molecule has 0 saturated carbocycles. The molecule has 0 saturated heterocycles. The van der Waals surface area contributed by atoms with Crippen molar-refractivity contribution < 1.29 is 57.1 Å². The van der Waals surface area contributed by atoms with E-state index >= 15 is 0 Å². The second-order valence-electron chi connectivity index (χ2n) is 11.1. The lowest BCUT2D eigenvalue weighted by Gasteiger charge is -2.18. The molecule has 0 aromatic heterocycles. The van der Waals surface area contributed by atoms with Crippen LogP contribution in [0.3, 0.4) is 0 Å². The molecule has 13 heteroatoms. The predicted molar refractivity (Wildman–Crippen MR) is 176 cm³/mol. The third kappa shape index (κ3) is 33.2. The van der Waals surface area contributed by atoms with Crippen LogP contribution in [-0.2, 0) is 52.3 Å². The number of hydrogen-bond donors (Lipinski definition) is 1. The van der Waals surface area contributed by atoms with Gasteiger partial charge in [0.05, 0.1) is 39.6 Å². The largest absolute Gasteiger partial charge is 0.462 e. The second kappa shape index (κ2) is 34.8. The molecular weight excluding hydrogens is 614 g/mol. The quantitative estimate of drug-likeness (QED) is 0.0534. The van der Waals surface area contributed by atoms with E-state index in [-0.39, 0.29) is 38.6 Å². The molecule has 0 aromatic rings. The summed E-state index contributed by atoms with van der Waals surface area (Å²) in [5.41, 5.74) is 0. The maximum Gasteiger partial charge on any atom is 0.407 e. The first-order valence-electron chi connectivity index (χ1n) is 17.6. The van der Waals surface area contributed by atoms with E-state index in [0.717, 1.165) is 19.3 Å². The van der Waals surface area contributed by atoms with Crippen LogP contribution in [0.5, 0.6) is 0 Å². The van der Waals surface area contributed by atoms with Gasteiger partial charge in [-0.15, -0.1) is 0 Å². The predicted octanol–water partition coefficient (Wildman–Crippen LogP) is 5.30. The van der Waals surface area contributed by atoms with Crippen LogP contribution in [0, 0.1) is 0 Å². The van der Waals surface area contributed by atoms with Crippen molar-refractivity contribution in [1.82, 2.24) is 5.32 Å². The van der Waals surface area contributed by atoms with Crippen molar-refractivity contribution in [2.75, 3.05) is 79.7 Å². The molecule has 0 aliphatic heterocycles. The van der Waals surface area contributed by atoms with E-state index in [2.05, 4.69) is 12.2 Å². The molecule has 1 amide bonds. The summed E-state index contributed by atoms with van der Waals surface area (Å²) in [6, 6.07) is 0. The molecule has 0 fully saturated rings. The Bertz CT molecular complexity index is 767. The number of alkyl carbamates (subject to hydrolysis) is 1. The first-order chi connectivity index (χ1) is 22.9. The molecule has 276 valence electrons. The van der Waals surface area contributed by atoms with E-state index in [9.17, 15) is 19.2 Å². The smallest absolute Gasteiger partial charge is 0.407 e. The van der Waals surface area contributed by atoms with Gasteiger partial charge in [0.25, 0.3) is 0 Å². The van der Waals surface area contributed by atoms with Crippen LogP contribution in [-0.4, -0.2) is 110 Å². The second-order valence-corrected chi connectivity index (χ2v) is 11.1. The van der Waals surface area contributed by atoms with Crippen LogP contribution in [0.1, 0.15) is 110 Å². The van der Waals surface area contributed by atoms with Crippen LogP contribution in [0.15, 0.2) is 0 Å². The highest BCUT2D eigenvalue weighted by atomic mass is 16.6. The summed E-state index contributed by atoms with van der Waals surface area (Å²) < 4.78 is 41.7. The number of amides is 1. The summed E-state index contributed by atoms with van der Waals surface area (Å²) in [7, 11) is 1.58. The van der Waals surface area contributed by atoms with E-state index in [1.807, 2.05) is 0 Å². The molecule has 0 aromatic carbocycles. The number of unbranched alkanes of at least 4 members (excludes halogenated alkanes) is 10. The minimum Gasteiger partial charge on any atom is -0.462 e. The van der Waals surface area contributed by atoms with Gasteiger partial charge in [-0.05, 0) is 12.8 Å². The number of ether oxygens (including phenoxy) is 8. The maximum absolute atomic E-state index is 12.2. The Labute approximate surface area is 282 Å². The van der Waals surface area contributed by atoms with E-state index in [1.54, 1.807) is 14.0 Å². The van der Waals surface area contributed by atoms with E-state index < -0.39 is 24.1 Å². The van der Waals surface area contributed by atoms with E-state index in [4.69, 9.17) is 37.9 Å². The zero-order valence-corrected chi connectivity index (χ0v) is 29.4. The Morgan fingerprint density at radius 1 is 0.532 bits per heavy atom. The maximum atomic E-state index is 12.2. The Morgan fingerprint density at radius 3 is 1.64 bits per heavy atom. The number of carbonyl (C=O) groups is 4. The molecular formula is C34H63NO12. The fraction of sp³-hybridized carbons (Fsp3) is 0.882. The number of nitrogens with one attached hydrogen (secondary N) is 1. The fourth-order valence-electron chi connectivity index (χ4n) is 4.19. The van der Waals surface area contributed by atoms with Crippen molar-refractivity contribution >= 4 is 24.0 Å². The average Bonchev–Trinajstić information content (AvgIpc) is 3.07. The molecule has 0 rings (SSSR count). The molecule has 0 aliphatic rings. The Kier molecular flexibility index (Phi) is 33.0. The van der Waals surface area contributed by atoms with Gasteiger partial charge in [-0.25, -0.2) is 4.79 Å². The van der Waals surface area contributed by atoms with Gasteiger partial charge in [0.2, 0.25) is 0 Å². The van der Waals surface area contributed by atoms with Gasteiger partial charge in [0.1, 0.15) is 19.8 Å². The van der Waals surface area contributed by atoms with Gasteiger partial charge >= 0.3 is 24.0 Å². The van der Waals surface area contributed by atoms with Gasteiger partial charge < -0.3 is 43.2 Å². The lowest BCUT2D eigenvalue weighted by Crippen LogP contribution is -2.30. The zero-order valence-electron chi connectivity index (χ0n) is 29.4. The van der Waals surface area contributed by atoms with E-state index in [0.29, 0.717) is 65.6 Å². The van der Waals surface area contributed by atoms with Crippen molar-refractivity contribution in [3.8, 4) is 0 Å². The van der Waals surface area contributed by atoms with Crippen molar-refractivity contribution in [1.29, 1.82) is 0 Å². The molecule has 0 radical (unpaired) electrons. The molecule has 0 aliphatic carbocycles. The summed E-state index contributed by atoms with van der Waals surface area (Å²) in [5.74, 6) is -1.27. The monoisotopic (exact) mass is 677 g/mol. The summed E-state index contributed by atoms with van der Waals surface area (Å²) >= 11 is 0. The molecule has 13 nitrogen and oxygen atoms in total. The van der Waals surface area contributed by atoms with Crippen molar-refractivity contribution in [3.63, 3.8) is 0 Å². The van der Waals surface area contributed by atoms with Gasteiger partial charge in [-0.2, -0.15) is 0 Å². The lowest BCUT2D eigenvalue weighted by atomic mass is 10.1. The highest BCUT2D eigenvalue weighted by Crippen LogP contribution is 2.12. The molecule has 1 N–H and O–H groups in total. The molecule has 0 unspecified atom stereocenters. The number of esters is 3. The number of carbonyl (C=O) groups excluding carboxylic acids is 4. The standard InChI is InChI=1S/C34H63NO12/c1-4-6-7-8-9-10-11-12-13-14-15-17-32(37)45-28-30(47-31(36)5-2)29-46-33(38)18-16-20-41-24-25-42-21-19-35-34(39)44-27-26-43-23-22-40-3/h30H,4-29H2,1-3H3,(H,35,39)/t30-/m0/s1. The van der Waals surface area contributed by atoms with Crippen LogP contribution >= 0.6 is 0 Å². The number of methoxy groups -OCH3 is 1. The van der Waals surface area contributed by atoms with Gasteiger partial charge in [-0.1, -0.05) is 78.1 Å². The molecule has 0 bridgehead atoms. The third-order valence-electron chi connectivity index (χ3n) is 6.88. The van der Waals surface area contributed by atoms with Crippen molar-refractivity contribution in [2.45, 2.75) is 116 Å². The normalized spacial score (nSPS) is 11.6. The van der Waals surface area contributed by atoms with Crippen LogP contribution in [0.4, 0.5) is 4.79 Å². The Morgan fingerprint density at radius 2 is 1.04 bits per heavy atom. The summed E-state index contributed by atoms with van der Waals surface area (Å²) in [6.07, 6.45) is 12.8. The highest BCUT2D eigenvalue weighted by Gasteiger charge is 2.18. The van der Waals surface area contributed by atoms with Gasteiger partial charge in [0.15, 0.2) is 6.10 Å². The van der Waals surface area contributed by atoms with Crippen molar-refractivity contribution in [3.05, 3.63) is 0 Å². The molecule has 47 heavy (non-hydrogen) atoms. The number of hydrogen-bond acceptors (Lipinski definition) is 12. The Hall–Kier alpha value is -2.48. The highest BCUT2D eigenvalue weighted by molar-refractivity contribution is 5.71. The summed E-state index contributed by atoms with van der Waals surface area (Å²) in [5, 5.41) is 2.57. The molecule has 0 spiro atoms. The van der Waals surface area contributed by atoms with Crippen molar-refractivity contribution in [2.24, 2.45) is 0 Å². The minimum absolute atomic E-state index is 0.122. The van der Waals surface area contributed by atoms with Gasteiger partial charge in [0, 0.05) is 39.5 Å². The fourth-order valence-corrected chi connectivity index (χ4v) is 4.19. The van der Waals surface area contributed by atoms with E-state index in [1.165, 1.54) is 51.4 Å². The van der Waals surface area contributed by atoms with Gasteiger partial charge in [-0.3, -0.25) is 14.4 Å². The Balaban J connectivity index is 3.84. The summed E-state index contributed by atoms with van der Waals surface area (Å²) in [6.45, 7) is 6.52. The van der Waals surface area contributed by atoms with Crippen LogP contribution < -0.4 is 5.32 Å². The van der Waals surface area contributed by atoms with Crippen LogP contribution in [0.25, 0.3) is 0 Å².